The molecule has 7 unspecified atom stereocenters. The Hall–Kier alpha value is -2.77. The highest BCUT2D eigenvalue weighted by Gasteiger charge is 2.98. The summed E-state index contributed by atoms with van der Waals surface area (Å²) >= 11 is 0. The summed E-state index contributed by atoms with van der Waals surface area (Å²) in [6, 6.07) is 6.24. The molecule has 7 rings (SSSR count). The maximum atomic E-state index is 12.4. The van der Waals surface area contributed by atoms with Crippen molar-refractivity contribution in [1.29, 1.82) is 0 Å². The van der Waals surface area contributed by atoms with Gasteiger partial charge in [-0.15, -0.1) is 5.10 Å². The maximum absolute atomic E-state index is 12.4. The number of hydrogen-bond donors (Lipinski definition) is 0. The van der Waals surface area contributed by atoms with E-state index >= 15 is 0 Å². The fourth-order valence-corrected chi connectivity index (χ4v) is 7.97. The Bertz CT molecular complexity index is 1230. The van der Waals surface area contributed by atoms with E-state index in [1.54, 1.807) is 0 Å². The summed E-state index contributed by atoms with van der Waals surface area (Å²) in [6.45, 7) is 6.41. The lowest BCUT2D eigenvalue weighted by Gasteiger charge is -2.94. The summed E-state index contributed by atoms with van der Waals surface area (Å²) in [5.41, 5.74) is 2.45. The molecule has 0 radical (unpaired) electrons. The molecule has 8 heteroatoms. The predicted octanol–water partition coefficient (Wildman–Crippen LogP) is 3.00. The molecule has 0 aliphatic heterocycles. The first-order valence-electron chi connectivity index (χ1n) is 10.7. The van der Waals surface area contributed by atoms with Gasteiger partial charge >= 0.3 is 5.97 Å². The lowest BCUT2D eigenvalue weighted by molar-refractivity contribution is -0.463. The lowest BCUT2D eigenvalue weighted by Crippen LogP contribution is -2.97. The largest absolute Gasteiger partial charge is 0.469 e. The van der Waals surface area contributed by atoms with Gasteiger partial charge in [0.1, 0.15) is 5.52 Å². The number of carbonyl (C=O) groups excluding carboxylic acids is 1. The highest BCUT2D eigenvalue weighted by atomic mass is 16.5. The summed E-state index contributed by atoms with van der Waals surface area (Å²) in [5, 5.41) is 12.9. The summed E-state index contributed by atoms with van der Waals surface area (Å²) in [7, 11) is 1.51. The Labute approximate surface area is 173 Å². The van der Waals surface area contributed by atoms with Crippen molar-refractivity contribution in [2.75, 3.05) is 7.11 Å². The third kappa shape index (κ3) is 1.45. The van der Waals surface area contributed by atoms with Gasteiger partial charge < -0.3 is 9.26 Å². The molecule has 4 saturated carbocycles. The molecule has 0 N–H and O–H groups in total. The molecule has 7 atom stereocenters. The molecular weight excluding hydrogens is 382 g/mol. The Balaban J connectivity index is 1.22. The molecule has 3 aromatic rings. The Kier molecular flexibility index (Phi) is 2.78. The fourth-order valence-electron chi connectivity index (χ4n) is 7.97. The van der Waals surface area contributed by atoms with E-state index in [0.29, 0.717) is 35.4 Å². The first kappa shape index (κ1) is 17.0. The summed E-state index contributed by atoms with van der Waals surface area (Å²) in [5.74, 6) is 3.50. The Morgan fingerprint density at radius 1 is 1.30 bits per heavy atom. The third-order valence-electron chi connectivity index (χ3n) is 8.99. The molecule has 2 aromatic heterocycles. The number of esters is 1. The van der Waals surface area contributed by atoms with Crippen LogP contribution in [0.5, 0.6) is 0 Å². The van der Waals surface area contributed by atoms with Crippen LogP contribution in [0.25, 0.3) is 22.4 Å². The van der Waals surface area contributed by atoms with Crippen molar-refractivity contribution in [3.63, 3.8) is 0 Å². The first-order chi connectivity index (χ1) is 14.5. The zero-order chi connectivity index (χ0) is 20.6. The zero-order valence-electron chi connectivity index (χ0n) is 17.4. The van der Waals surface area contributed by atoms with Gasteiger partial charge in [0.05, 0.1) is 23.5 Å². The topological polar surface area (TPSA) is 95.9 Å². The van der Waals surface area contributed by atoms with E-state index in [1.807, 2.05) is 22.9 Å². The van der Waals surface area contributed by atoms with Crippen LogP contribution in [-0.4, -0.2) is 38.2 Å². The van der Waals surface area contributed by atoms with Gasteiger partial charge in [-0.3, -0.25) is 4.79 Å². The van der Waals surface area contributed by atoms with E-state index < -0.39 is 0 Å². The second-order valence-electron chi connectivity index (χ2n) is 9.90. The molecular formula is C22H23N5O3. The first-order valence-corrected chi connectivity index (χ1v) is 10.7. The quantitative estimate of drug-likeness (QED) is 0.616. The van der Waals surface area contributed by atoms with Crippen molar-refractivity contribution in [1.82, 2.24) is 25.1 Å². The normalized spacial score (nSPS) is 39.6. The van der Waals surface area contributed by atoms with Crippen molar-refractivity contribution in [3.8, 4) is 11.4 Å². The van der Waals surface area contributed by atoms with E-state index in [4.69, 9.17) is 14.2 Å². The maximum Gasteiger partial charge on any atom is 0.312 e. The van der Waals surface area contributed by atoms with Crippen molar-refractivity contribution < 1.29 is 14.1 Å². The number of fused-ring (bicyclic) bond motifs is 3. The highest BCUT2D eigenvalue weighted by molar-refractivity contribution is 5.84. The van der Waals surface area contributed by atoms with Crippen LogP contribution in [0.4, 0.5) is 0 Å². The van der Waals surface area contributed by atoms with Gasteiger partial charge in [-0.2, -0.15) is 4.98 Å². The average Bonchev–Trinajstić information content (AvgIpc) is 3.38. The monoisotopic (exact) mass is 405 g/mol. The number of nitrogens with zero attached hydrogens (tertiary/aromatic N) is 5. The smallest absolute Gasteiger partial charge is 0.312 e. The molecule has 0 amide bonds. The molecule has 2 heterocycles. The van der Waals surface area contributed by atoms with Crippen LogP contribution in [0.1, 0.15) is 39.1 Å². The number of aromatic nitrogens is 5. The molecule has 0 saturated heterocycles. The summed E-state index contributed by atoms with van der Waals surface area (Å²) in [4.78, 5) is 17.3. The molecule has 4 aliphatic carbocycles. The standard InChI is InChI=1S/C22H23N5O3/c1-9(2)27-14-6-5-11(7-13(14)24-26-27)18-23-19(30-25-18)22-10(3)15-17(22)16-12(22)8-21(15,16)20(28)29-4/h5-7,9-10,12,15-17H,8H2,1-4H3. The van der Waals surface area contributed by atoms with Crippen LogP contribution < -0.4 is 0 Å². The Morgan fingerprint density at radius 2 is 2.13 bits per heavy atom. The van der Waals surface area contributed by atoms with Gasteiger partial charge in [-0.05, 0) is 68.1 Å². The number of hydrogen-bond acceptors (Lipinski definition) is 7. The van der Waals surface area contributed by atoms with Crippen LogP contribution in [-0.2, 0) is 14.9 Å². The van der Waals surface area contributed by atoms with Crippen LogP contribution in [0.2, 0.25) is 0 Å². The van der Waals surface area contributed by atoms with E-state index in [9.17, 15) is 4.79 Å². The van der Waals surface area contributed by atoms with Gasteiger partial charge in [-0.25, -0.2) is 4.68 Å². The molecule has 30 heavy (non-hydrogen) atoms. The van der Waals surface area contributed by atoms with Crippen molar-refractivity contribution in [2.24, 2.45) is 35.0 Å². The number of methoxy groups -OCH3 is 1. The second-order valence-corrected chi connectivity index (χ2v) is 9.90. The van der Waals surface area contributed by atoms with Crippen LogP contribution in [0, 0.1) is 35.0 Å². The van der Waals surface area contributed by atoms with Crippen LogP contribution in [0.3, 0.4) is 0 Å². The van der Waals surface area contributed by atoms with E-state index in [2.05, 4.69) is 36.2 Å². The minimum atomic E-state index is -0.221. The average molecular weight is 405 g/mol. The van der Waals surface area contributed by atoms with Crippen molar-refractivity contribution in [3.05, 3.63) is 24.1 Å². The Morgan fingerprint density at radius 3 is 2.80 bits per heavy atom. The van der Waals surface area contributed by atoms with Gasteiger partial charge in [0.25, 0.3) is 0 Å². The predicted molar refractivity (Wildman–Crippen MR) is 105 cm³/mol. The lowest BCUT2D eigenvalue weighted by atomic mass is 9.07. The minimum absolute atomic E-state index is 0.0147. The fraction of sp³-hybridized carbons (Fsp3) is 0.591. The van der Waals surface area contributed by atoms with Gasteiger partial charge in [0.2, 0.25) is 11.7 Å². The van der Waals surface area contributed by atoms with Crippen molar-refractivity contribution >= 4 is 17.0 Å². The van der Waals surface area contributed by atoms with Crippen LogP contribution >= 0.6 is 0 Å². The van der Waals surface area contributed by atoms with E-state index in [0.717, 1.165) is 28.9 Å². The van der Waals surface area contributed by atoms with E-state index in [1.165, 1.54) is 7.11 Å². The molecule has 0 spiro atoms. The highest BCUT2D eigenvalue weighted by Crippen LogP contribution is 2.96. The molecule has 4 fully saturated rings. The van der Waals surface area contributed by atoms with Gasteiger partial charge in [0.15, 0.2) is 0 Å². The number of ether oxygens (including phenoxy) is 1. The minimum Gasteiger partial charge on any atom is -0.469 e. The zero-order valence-corrected chi connectivity index (χ0v) is 17.4. The molecule has 154 valence electrons. The SMILES string of the molecule is COC(=O)C12CC3C1C1C2C(C)C31c1nc(-c2ccc3c(c2)nnn3C(C)C)no1. The number of rotatable bonds is 4. The molecule has 1 aromatic carbocycles. The van der Waals surface area contributed by atoms with Crippen LogP contribution in [0.15, 0.2) is 22.7 Å². The second kappa shape index (κ2) is 4.92. The number of benzene rings is 1. The third-order valence-corrected chi connectivity index (χ3v) is 8.99. The van der Waals surface area contributed by atoms with Gasteiger partial charge in [-0.1, -0.05) is 17.3 Å². The summed E-state index contributed by atoms with van der Waals surface area (Å²) < 4.78 is 12.9. The van der Waals surface area contributed by atoms with Gasteiger partial charge in [0, 0.05) is 11.6 Å². The number of carbonyl (C=O) groups is 1. The van der Waals surface area contributed by atoms with E-state index in [-0.39, 0.29) is 22.8 Å². The summed E-state index contributed by atoms with van der Waals surface area (Å²) in [6.07, 6.45) is 0.901. The molecule has 8 nitrogen and oxygen atoms in total. The molecule has 4 aliphatic rings. The molecule has 0 bridgehead atoms. The van der Waals surface area contributed by atoms with Crippen molar-refractivity contribution in [2.45, 2.75) is 38.6 Å².